The normalized spacial score (nSPS) is 20.0. The highest BCUT2D eigenvalue weighted by molar-refractivity contribution is 6.04. The fourth-order valence-corrected chi connectivity index (χ4v) is 4.14. The number of aryl methyl sites for hydroxylation is 2. The number of para-hydroxylation sites is 1. The summed E-state index contributed by atoms with van der Waals surface area (Å²) >= 11 is 0. The van der Waals surface area contributed by atoms with Gasteiger partial charge in [0.25, 0.3) is 5.91 Å². The number of methoxy groups -OCH3 is 1. The van der Waals surface area contributed by atoms with Crippen molar-refractivity contribution >= 4 is 16.8 Å². The van der Waals surface area contributed by atoms with E-state index in [0.29, 0.717) is 37.1 Å². The molecule has 0 aliphatic carbocycles. The Kier molecular flexibility index (Phi) is 4.89. The van der Waals surface area contributed by atoms with Gasteiger partial charge in [0, 0.05) is 46.2 Å². The molecular weight excluding hydrogens is 358 g/mol. The molecule has 8 nitrogen and oxygen atoms in total. The molecule has 0 spiro atoms. The molecule has 1 atom stereocenters. The second kappa shape index (κ2) is 7.35. The highest BCUT2D eigenvalue weighted by Crippen LogP contribution is 2.36. The molecule has 3 aromatic rings. The van der Waals surface area contributed by atoms with Gasteiger partial charge in [-0.05, 0) is 25.3 Å². The summed E-state index contributed by atoms with van der Waals surface area (Å²) in [5.74, 6) is 1.13. The number of likely N-dealkylation sites (tertiary alicyclic amines) is 1. The lowest BCUT2D eigenvalue weighted by molar-refractivity contribution is 0.0562. The predicted molar refractivity (Wildman–Crippen MR) is 103 cm³/mol. The zero-order valence-electron chi connectivity index (χ0n) is 16.5. The maximum atomic E-state index is 13.4. The molecule has 1 fully saturated rings. The van der Waals surface area contributed by atoms with E-state index in [4.69, 9.17) is 9.26 Å². The average Bonchev–Trinajstić information content (AvgIpc) is 3.30. The molecule has 0 N–H and O–H groups in total. The van der Waals surface area contributed by atoms with Gasteiger partial charge in [0.1, 0.15) is 0 Å². The van der Waals surface area contributed by atoms with E-state index in [1.807, 2.05) is 36.2 Å². The quantitative estimate of drug-likeness (QED) is 0.673. The Bertz CT molecular complexity index is 995. The molecule has 1 amide bonds. The van der Waals surface area contributed by atoms with E-state index in [2.05, 4.69) is 15.2 Å². The Balaban J connectivity index is 1.67. The van der Waals surface area contributed by atoms with E-state index in [9.17, 15) is 4.79 Å². The molecule has 1 aliphatic heterocycles. The minimum Gasteiger partial charge on any atom is -0.385 e. The van der Waals surface area contributed by atoms with E-state index >= 15 is 0 Å². The van der Waals surface area contributed by atoms with Crippen molar-refractivity contribution in [3.63, 3.8) is 0 Å². The minimum atomic E-state index is -0.369. The van der Waals surface area contributed by atoms with Crippen molar-refractivity contribution in [2.24, 2.45) is 7.05 Å². The van der Waals surface area contributed by atoms with Crippen molar-refractivity contribution in [2.75, 3.05) is 26.8 Å². The van der Waals surface area contributed by atoms with Gasteiger partial charge in [-0.2, -0.15) is 10.1 Å². The van der Waals surface area contributed by atoms with E-state index < -0.39 is 0 Å². The SMILES string of the molecule is COCCC1(c2noc(C)n2)CCCN(C(=O)c2nn(C)c3ccccc23)C1. The van der Waals surface area contributed by atoms with Gasteiger partial charge in [0.05, 0.1) is 10.9 Å². The molecule has 3 heterocycles. The van der Waals surface area contributed by atoms with Crippen LogP contribution in [0.1, 0.15) is 41.5 Å². The standard InChI is InChI=1S/C20H25N5O3/c1-14-21-19(23-28-14)20(10-12-27-3)9-6-11-25(13-20)18(26)17-15-7-4-5-8-16(15)24(2)22-17/h4-5,7-8H,6,9-13H2,1-3H3. The third-order valence-corrected chi connectivity index (χ3v) is 5.61. The van der Waals surface area contributed by atoms with Crippen LogP contribution >= 0.6 is 0 Å². The average molecular weight is 383 g/mol. The smallest absolute Gasteiger partial charge is 0.275 e. The first kappa shape index (κ1) is 18.6. The Labute approximate surface area is 163 Å². The Morgan fingerprint density at radius 2 is 2.18 bits per heavy atom. The summed E-state index contributed by atoms with van der Waals surface area (Å²) in [7, 11) is 3.54. The summed E-state index contributed by atoms with van der Waals surface area (Å²) in [5, 5.41) is 9.56. The first-order valence-corrected chi connectivity index (χ1v) is 9.55. The van der Waals surface area contributed by atoms with Gasteiger partial charge in [-0.15, -0.1) is 0 Å². The lowest BCUT2D eigenvalue weighted by Crippen LogP contribution is -2.49. The van der Waals surface area contributed by atoms with Gasteiger partial charge in [-0.3, -0.25) is 9.48 Å². The molecule has 0 radical (unpaired) electrons. The van der Waals surface area contributed by atoms with Crippen molar-refractivity contribution in [1.29, 1.82) is 0 Å². The maximum absolute atomic E-state index is 13.4. The zero-order valence-corrected chi connectivity index (χ0v) is 16.5. The minimum absolute atomic E-state index is 0.0569. The molecule has 4 rings (SSSR count). The summed E-state index contributed by atoms with van der Waals surface area (Å²) in [5.41, 5.74) is 1.07. The van der Waals surface area contributed by atoms with Crippen LogP contribution in [0.4, 0.5) is 0 Å². The molecule has 1 saturated heterocycles. The molecule has 0 saturated carbocycles. The van der Waals surface area contributed by atoms with Gasteiger partial charge in [0.15, 0.2) is 11.5 Å². The molecule has 28 heavy (non-hydrogen) atoms. The number of hydrogen-bond acceptors (Lipinski definition) is 6. The first-order chi connectivity index (χ1) is 13.5. The number of benzene rings is 1. The third-order valence-electron chi connectivity index (χ3n) is 5.61. The van der Waals surface area contributed by atoms with Crippen LogP contribution in [-0.4, -0.2) is 57.5 Å². The van der Waals surface area contributed by atoms with Crippen LogP contribution in [0.15, 0.2) is 28.8 Å². The largest absolute Gasteiger partial charge is 0.385 e. The number of ether oxygens (including phenoxy) is 1. The Morgan fingerprint density at radius 3 is 2.93 bits per heavy atom. The number of piperidine rings is 1. The molecule has 2 aromatic heterocycles. The lowest BCUT2D eigenvalue weighted by atomic mass is 9.76. The van der Waals surface area contributed by atoms with Crippen LogP contribution in [0.5, 0.6) is 0 Å². The van der Waals surface area contributed by atoms with Crippen LogP contribution < -0.4 is 0 Å². The number of nitrogens with zero attached hydrogens (tertiary/aromatic N) is 5. The van der Waals surface area contributed by atoms with Gasteiger partial charge in [0.2, 0.25) is 5.89 Å². The fraction of sp³-hybridized carbons (Fsp3) is 0.500. The van der Waals surface area contributed by atoms with Crippen LogP contribution in [0.3, 0.4) is 0 Å². The van der Waals surface area contributed by atoms with Crippen molar-refractivity contribution in [2.45, 2.75) is 31.6 Å². The van der Waals surface area contributed by atoms with E-state index in [1.54, 1.807) is 18.7 Å². The number of fused-ring (bicyclic) bond motifs is 1. The predicted octanol–water partition coefficient (Wildman–Crippen LogP) is 2.48. The van der Waals surface area contributed by atoms with Crippen LogP contribution in [0, 0.1) is 6.92 Å². The molecule has 1 aliphatic rings. The van der Waals surface area contributed by atoms with Gasteiger partial charge in [-0.25, -0.2) is 0 Å². The summed E-state index contributed by atoms with van der Waals surface area (Å²) in [6.07, 6.45) is 2.49. The third kappa shape index (κ3) is 3.17. The monoisotopic (exact) mass is 383 g/mol. The second-order valence-corrected chi connectivity index (χ2v) is 7.48. The topological polar surface area (TPSA) is 86.3 Å². The van der Waals surface area contributed by atoms with Crippen LogP contribution in [0.2, 0.25) is 0 Å². The highest BCUT2D eigenvalue weighted by Gasteiger charge is 2.42. The molecule has 8 heteroatoms. The molecule has 1 unspecified atom stereocenters. The molecule has 148 valence electrons. The van der Waals surface area contributed by atoms with Crippen molar-refractivity contribution in [1.82, 2.24) is 24.8 Å². The van der Waals surface area contributed by atoms with Crippen molar-refractivity contribution in [3.8, 4) is 0 Å². The first-order valence-electron chi connectivity index (χ1n) is 9.55. The number of carbonyl (C=O) groups is 1. The molecule has 0 bridgehead atoms. The number of hydrogen-bond donors (Lipinski definition) is 0. The van der Waals surface area contributed by atoms with E-state index in [0.717, 1.165) is 30.2 Å². The maximum Gasteiger partial charge on any atom is 0.275 e. The number of aromatic nitrogens is 4. The summed E-state index contributed by atoms with van der Waals surface area (Å²) in [6.45, 7) is 3.57. The van der Waals surface area contributed by atoms with Gasteiger partial charge in [-0.1, -0.05) is 23.4 Å². The number of rotatable bonds is 5. The van der Waals surface area contributed by atoms with E-state index in [1.165, 1.54) is 0 Å². The van der Waals surface area contributed by atoms with Gasteiger partial charge < -0.3 is 14.2 Å². The Hall–Kier alpha value is -2.74. The van der Waals surface area contributed by atoms with E-state index in [-0.39, 0.29) is 11.3 Å². The molecule has 1 aromatic carbocycles. The zero-order chi connectivity index (χ0) is 19.7. The summed E-state index contributed by atoms with van der Waals surface area (Å²) in [6, 6.07) is 7.80. The summed E-state index contributed by atoms with van der Waals surface area (Å²) in [4.78, 5) is 19.7. The number of carbonyl (C=O) groups excluding carboxylic acids is 1. The fourth-order valence-electron chi connectivity index (χ4n) is 4.14. The van der Waals surface area contributed by atoms with Crippen molar-refractivity contribution in [3.05, 3.63) is 41.7 Å². The lowest BCUT2D eigenvalue weighted by Gasteiger charge is -2.40. The number of amides is 1. The Morgan fingerprint density at radius 1 is 1.36 bits per heavy atom. The molecular formula is C20H25N5O3. The second-order valence-electron chi connectivity index (χ2n) is 7.48. The van der Waals surface area contributed by atoms with Crippen molar-refractivity contribution < 1.29 is 14.1 Å². The van der Waals surface area contributed by atoms with Crippen LogP contribution in [0.25, 0.3) is 10.9 Å². The highest BCUT2D eigenvalue weighted by atomic mass is 16.5. The summed E-state index contributed by atoms with van der Waals surface area (Å²) < 4.78 is 12.3. The van der Waals surface area contributed by atoms with Crippen LogP contribution in [-0.2, 0) is 17.2 Å². The van der Waals surface area contributed by atoms with Gasteiger partial charge >= 0.3 is 0 Å².